The zero-order valence-electron chi connectivity index (χ0n) is 8.19. The lowest BCUT2D eigenvalue weighted by Crippen LogP contribution is -2.13. The molecule has 1 atom stereocenters. The Hall–Kier alpha value is -1.31. The summed E-state index contributed by atoms with van der Waals surface area (Å²) in [7, 11) is 0. The van der Waals surface area contributed by atoms with Gasteiger partial charge in [-0.25, -0.2) is 0 Å². The van der Waals surface area contributed by atoms with Crippen LogP contribution >= 0.6 is 0 Å². The van der Waals surface area contributed by atoms with Crippen LogP contribution in [0, 0.1) is 0 Å². The summed E-state index contributed by atoms with van der Waals surface area (Å²) in [6, 6.07) is 10.5. The van der Waals surface area contributed by atoms with Gasteiger partial charge in [-0.2, -0.15) is 0 Å². The van der Waals surface area contributed by atoms with E-state index in [9.17, 15) is 0 Å². The van der Waals surface area contributed by atoms with Gasteiger partial charge in [-0.3, -0.25) is 0 Å². The van der Waals surface area contributed by atoms with Crippen LogP contribution in [0.2, 0.25) is 0 Å². The summed E-state index contributed by atoms with van der Waals surface area (Å²) >= 11 is 0. The Morgan fingerprint density at radius 1 is 1.21 bits per heavy atom. The highest BCUT2D eigenvalue weighted by Gasteiger charge is 2.19. The van der Waals surface area contributed by atoms with E-state index < -0.39 is 0 Å². The molecular weight excluding hydrogens is 174 g/mol. The van der Waals surface area contributed by atoms with Gasteiger partial charge in [0.2, 0.25) is 0 Å². The Labute approximate surface area is 84.3 Å². The van der Waals surface area contributed by atoms with Crippen LogP contribution in [0.5, 0.6) is 0 Å². The highest BCUT2D eigenvalue weighted by Crippen LogP contribution is 2.30. The monoisotopic (exact) mass is 189 g/mol. The van der Waals surface area contributed by atoms with E-state index in [1.54, 1.807) is 0 Å². The van der Waals surface area contributed by atoms with E-state index in [0.29, 0.717) is 5.92 Å². The quantitative estimate of drug-likeness (QED) is 0.534. The molecule has 1 N–H and O–H groups in total. The van der Waals surface area contributed by atoms with Crippen molar-refractivity contribution in [2.24, 2.45) is 5.16 Å². The summed E-state index contributed by atoms with van der Waals surface area (Å²) in [4.78, 5) is 0. The first-order valence-electron chi connectivity index (χ1n) is 5.15. The Balaban J connectivity index is 2.12. The van der Waals surface area contributed by atoms with Gasteiger partial charge in [0.25, 0.3) is 0 Å². The molecule has 0 saturated heterocycles. The van der Waals surface area contributed by atoms with Crippen LogP contribution in [0.15, 0.2) is 35.5 Å². The summed E-state index contributed by atoms with van der Waals surface area (Å²) in [5, 5.41) is 12.1. The summed E-state index contributed by atoms with van der Waals surface area (Å²) in [6.45, 7) is 0. The molecule has 0 radical (unpaired) electrons. The second-order valence-corrected chi connectivity index (χ2v) is 3.87. The first-order valence-corrected chi connectivity index (χ1v) is 5.15. The molecule has 2 heteroatoms. The molecule has 0 aromatic heterocycles. The molecule has 14 heavy (non-hydrogen) atoms. The lowest BCUT2D eigenvalue weighted by atomic mass is 9.83. The predicted molar refractivity (Wildman–Crippen MR) is 56.9 cm³/mol. The summed E-state index contributed by atoms with van der Waals surface area (Å²) < 4.78 is 0. The molecule has 0 aliphatic heterocycles. The van der Waals surface area contributed by atoms with Crippen molar-refractivity contribution in [1.29, 1.82) is 0 Å². The fraction of sp³-hybridized carbons (Fsp3) is 0.417. The Morgan fingerprint density at radius 3 is 2.71 bits per heavy atom. The maximum atomic E-state index is 8.74. The van der Waals surface area contributed by atoms with Gasteiger partial charge in [-0.1, -0.05) is 35.5 Å². The third-order valence-electron chi connectivity index (χ3n) is 2.91. The molecular formula is C12H15NO. The van der Waals surface area contributed by atoms with Gasteiger partial charge in [0, 0.05) is 0 Å². The molecule has 0 amide bonds. The van der Waals surface area contributed by atoms with Crippen LogP contribution in [-0.4, -0.2) is 10.9 Å². The number of benzene rings is 1. The second kappa shape index (κ2) is 4.27. The lowest BCUT2D eigenvalue weighted by molar-refractivity contribution is 0.313. The van der Waals surface area contributed by atoms with Crippen molar-refractivity contribution in [3.05, 3.63) is 35.9 Å². The number of hydrogen-bond donors (Lipinski definition) is 1. The number of hydrogen-bond acceptors (Lipinski definition) is 2. The van der Waals surface area contributed by atoms with Crippen molar-refractivity contribution in [3.8, 4) is 0 Å². The van der Waals surface area contributed by atoms with Crippen LogP contribution in [0.1, 0.15) is 37.2 Å². The largest absolute Gasteiger partial charge is 0.411 e. The maximum absolute atomic E-state index is 8.74. The van der Waals surface area contributed by atoms with Crippen molar-refractivity contribution in [1.82, 2.24) is 0 Å². The zero-order valence-corrected chi connectivity index (χ0v) is 8.19. The average Bonchev–Trinajstić information content (AvgIpc) is 2.30. The maximum Gasteiger partial charge on any atom is 0.0576 e. The van der Waals surface area contributed by atoms with Crippen LogP contribution in [-0.2, 0) is 0 Å². The van der Waals surface area contributed by atoms with Crippen molar-refractivity contribution in [2.45, 2.75) is 31.6 Å². The van der Waals surface area contributed by atoms with Crippen LogP contribution in [0.3, 0.4) is 0 Å². The fourth-order valence-corrected chi connectivity index (χ4v) is 2.14. The molecule has 1 fully saturated rings. The normalized spacial score (nSPS) is 25.1. The van der Waals surface area contributed by atoms with E-state index in [0.717, 1.165) is 25.0 Å². The van der Waals surface area contributed by atoms with Gasteiger partial charge in [0.05, 0.1) is 5.71 Å². The molecule has 1 aromatic rings. The van der Waals surface area contributed by atoms with Gasteiger partial charge >= 0.3 is 0 Å². The molecule has 1 aromatic carbocycles. The minimum Gasteiger partial charge on any atom is -0.411 e. The van der Waals surface area contributed by atoms with E-state index >= 15 is 0 Å². The topological polar surface area (TPSA) is 32.6 Å². The van der Waals surface area contributed by atoms with Crippen LogP contribution in [0.4, 0.5) is 0 Å². The first kappa shape index (κ1) is 9.25. The van der Waals surface area contributed by atoms with Gasteiger partial charge in [0.1, 0.15) is 0 Å². The summed E-state index contributed by atoms with van der Waals surface area (Å²) in [5.74, 6) is 0.552. The molecule has 1 aliphatic carbocycles. The molecule has 2 rings (SSSR count). The first-order chi connectivity index (χ1) is 6.90. The van der Waals surface area contributed by atoms with E-state index in [1.807, 2.05) is 6.07 Å². The van der Waals surface area contributed by atoms with Gasteiger partial charge in [-0.05, 0) is 37.2 Å². The van der Waals surface area contributed by atoms with Crippen molar-refractivity contribution >= 4 is 5.71 Å². The standard InChI is InChI=1S/C12H15NO/c14-13-12-8-4-7-11(9-12)10-5-2-1-3-6-10/h1-3,5-6,11,14H,4,7-9H2/b13-12+. The van der Waals surface area contributed by atoms with Crippen molar-refractivity contribution in [2.75, 3.05) is 0 Å². The van der Waals surface area contributed by atoms with Crippen molar-refractivity contribution < 1.29 is 5.21 Å². The Morgan fingerprint density at radius 2 is 2.00 bits per heavy atom. The molecule has 0 bridgehead atoms. The minimum absolute atomic E-state index is 0.552. The van der Waals surface area contributed by atoms with E-state index in [1.165, 1.54) is 12.0 Å². The average molecular weight is 189 g/mol. The smallest absolute Gasteiger partial charge is 0.0576 e. The number of nitrogens with zero attached hydrogens (tertiary/aromatic N) is 1. The molecule has 1 unspecified atom stereocenters. The minimum atomic E-state index is 0.552. The fourth-order valence-electron chi connectivity index (χ4n) is 2.14. The highest BCUT2D eigenvalue weighted by atomic mass is 16.4. The van der Waals surface area contributed by atoms with E-state index in [2.05, 4.69) is 29.4 Å². The molecule has 2 nitrogen and oxygen atoms in total. The predicted octanol–water partition coefficient (Wildman–Crippen LogP) is 3.17. The Bertz CT molecular complexity index is 318. The van der Waals surface area contributed by atoms with Crippen LogP contribution in [0.25, 0.3) is 0 Å². The third-order valence-corrected chi connectivity index (χ3v) is 2.91. The summed E-state index contributed by atoms with van der Waals surface area (Å²) in [5.41, 5.74) is 2.32. The van der Waals surface area contributed by atoms with Gasteiger partial charge < -0.3 is 5.21 Å². The zero-order chi connectivity index (χ0) is 9.80. The molecule has 0 heterocycles. The van der Waals surface area contributed by atoms with Crippen LogP contribution < -0.4 is 0 Å². The molecule has 74 valence electrons. The molecule has 1 saturated carbocycles. The highest BCUT2D eigenvalue weighted by molar-refractivity contribution is 5.85. The van der Waals surface area contributed by atoms with E-state index in [-0.39, 0.29) is 0 Å². The molecule has 1 aliphatic rings. The third kappa shape index (κ3) is 1.95. The summed E-state index contributed by atoms with van der Waals surface area (Å²) in [6.07, 6.45) is 4.22. The van der Waals surface area contributed by atoms with Gasteiger partial charge in [-0.15, -0.1) is 0 Å². The molecule has 0 spiro atoms. The SMILES string of the molecule is O/N=C1\CCCC(c2ccccc2)C1. The lowest BCUT2D eigenvalue weighted by Gasteiger charge is -2.22. The van der Waals surface area contributed by atoms with Crippen molar-refractivity contribution in [3.63, 3.8) is 0 Å². The van der Waals surface area contributed by atoms with Gasteiger partial charge in [0.15, 0.2) is 0 Å². The second-order valence-electron chi connectivity index (χ2n) is 3.87. The number of rotatable bonds is 1. The van der Waals surface area contributed by atoms with E-state index in [4.69, 9.17) is 5.21 Å². The Kier molecular flexibility index (Phi) is 2.82. The number of oxime groups is 1.